The standard InChI is InChI=1S/C23H26Cl2O7/c1-6-7-13-8-12-9-15(26)23(3,21(27)14(12)10-31-13)32-22(28)16-11(2)17(24)20(30-5)18(25)19(16)29-4/h8-9,14,21,27H,6-7,10H2,1-5H3. The zero-order chi connectivity index (χ0) is 23.8. The fraction of sp³-hybridized carbons (Fsp3) is 0.478. The molecular formula is C23H26Cl2O7. The molecule has 0 radical (unpaired) electrons. The second-order valence-corrected chi connectivity index (χ2v) is 8.68. The zero-order valence-corrected chi connectivity index (χ0v) is 20.1. The van der Waals surface area contributed by atoms with Crippen LogP contribution in [0.1, 0.15) is 42.6 Å². The molecule has 1 aliphatic heterocycles. The van der Waals surface area contributed by atoms with Gasteiger partial charge in [-0.25, -0.2) is 4.79 Å². The number of ether oxygens (including phenoxy) is 4. The number of rotatable bonds is 6. The fourth-order valence-corrected chi connectivity index (χ4v) is 4.65. The van der Waals surface area contributed by atoms with Crippen molar-refractivity contribution in [3.63, 3.8) is 0 Å². The summed E-state index contributed by atoms with van der Waals surface area (Å²) in [4.78, 5) is 26.2. The number of aliphatic hydroxyl groups excluding tert-OH is 1. The average Bonchev–Trinajstić information content (AvgIpc) is 2.75. The lowest BCUT2D eigenvalue weighted by atomic mass is 9.74. The molecule has 9 heteroatoms. The van der Waals surface area contributed by atoms with E-state index in [0.717, 1.165) is 18.6 Å². The Hall–Kier alpha value is -2.22. The molecule has 1 aromatic rings. The Labute approximate surface area is 196 Å². The molecule has 1 N–H and O–H groups in total. The van der Waals surface area contributed by atoms with E-state index in [9.17, 15) is 14.7 Å². The number of ketones is 1. The van der Waals surface area contributed by atoms with Crippen LogP contribution < -0.4 is 9.47 Å². The van der Waals surface area contributed by atoms with E-state index < -0.39 is 29.4 Å². The summed E-state index contributed by atoms with van der Waals surface area (Å²) >= 11 is 12.6. The summed E-state index contributed by atoms with van der Waals surface area (Å²) in [7, 11) is 2.72. The summed E-state index contributed by atoms with van der Waals surface area (Å²) in [5.74, 6) is -1.03. The summed E-state index contributed by atoms with van der Waals surface area (Å²) < 4.78 is 21.9. The Morgan fingerprint density at radius 2 is 1.88 bits per heavy atom. The monoisotopic (exact) mass is 484 g/mol. The summed E-state index contributed by atoms with van der Waals surface area (Å²) in [6.07, 6.45) is 3.49. The van der Waals surface area contributed by atoms with Crippen LogP contribution in [0.15, 0.2) is 23.5 Å². The molecule has 174 valence electrons. The van der Waals surface area contributed by atoms with Crippen LogP contribution >= 0.6 is 23.2 Å². The van der Waals surface area contributed by atoms with Crippen LogP contribution in [0.5, 0.6) is 11.5 Å². The predicted octanol–water partition coefficient (Wildman–Crippen LogP) is 4.43. The first-order chi connectivity index (χ1) is 15.1. The second-order valence-electron chi connectivity index (χ2n) is 7.92. The first-order valence-corrected chi connectivity index (χ1v) is 11.0. The van der Waals surface area contributed by atoms with Crippen molar-refractivity contribution >= 4 is 35.0 Å². The zero-order valence-electron chi connectivity index (χ0n) is 18.6. The molecule has 3 rings (SSSR count). The molecule has 0 spiro atoms. The molecule has 1 aromatic carbocycles. The van der Waals surface area contributed by atoms with E-state index >= 15 is 0 Å². The van der Waals surface area contributed by atoms with Gasteiger partial charge in [-0.15, -0.1) is 0 Å². The third-order valence-electron chi connectivity index (χ3n) is 5.88. The van der Waals surface area contributed by atoms with Crippen molar-refractivity contribution in [1.82, 2.24) is 0 Å². The fourth-order valence-electron chi connectivity index (χ4n) is 4.00. The van der Waals surface area contributed by atoms with Crippen molar-refractivity contribution in [2.75, 3.05) is 20.8 Å². The second kappa shape index (κ2) is 9.33. The third-order valence-corrected chi connectivity index (χ3v) is 6.68. The quantitative estimate of drug-likeness (QED) is 0.596. The minimum atomic E-state index is -1.83. The van der Waals surface area contributed by atoms with Crippen molar-refractivity contribution < 1.29 is 33.6 Å². The molecule has 3 atom stereocenters. The highest BCUT2D eigenvalue weighted by Gasteiger charge is 2.52. The Balaban J connectivity index is 1.99. The van der Waals surface area contributed by atoms with Crippen LogP contribution in [-0.2, 0) is 14.3 Å². The molecule has 2 aliphatic rings. The average molecular weight is 485 g/mol. The van der Waals surface area contributed by atoms with Crippen LogP contribution in [0.2, 0.25) is 10.0 Å². The Kier molecular flexibility index (Phi) is 7.12. The van der Waals surface area contributed by atoms with Gasteiger partial charge >= 0.3 is 5.97 Å². The number of carbonyl (C=O) groups excluding carboxylic acids is 2. The number of allylic oxidation sites excluding steroid dienone is 2. The van der Waals surface area contributed by atoms with Crippen LogP contribution in [0.4, 0.5) is 0 Å². The van der Waals surface area contributed by atoms with Gasteiger partial charge in [0, 0.05) is 12.3 Å². The maximum Gasteiger partial charge on any atom is 0.343 e. The smallest absolute Gasteiger partial charge is 0.343 e. The first kappa shape index (κ1) is 24.4. The van der Waals surface area contributed by atoms with Crippen LogP contribution in [-0.4, -0.2) is 49.4 Å². The van der Waals surface area contributed by atoms with Crippen molar-refractivity contribution in [1.29, 1.82) is 0 Å². The molecule has 32 heavy (non-hydrogen) atoms. The van der Waals surface area contributed by atoms with E-state index in [4.69, 9.17) is 42.1 Å². The third kappa shape index (κ3) is 3.98. The number of methoxy groups -OCH3 is 2. The minimum absolute atomic E-state index is 0.00105. The molecule has 0 saturated carbocycles. The number of esters is 1. The number of hydrogen-bond donors (Lipinski definition) is 1. The Morgan fingerprint density at radius 1 is 1.22 bits per heavy atom. The van der Waals surface area contributed by atoms with Crippen molar-refractivity contribution in [3.05, 3.63) is 44.7 Å². The van der Waals surface area contributed by atoms with E-state index in [1.165, 1.54) is 27.2 Å². The number of aliphatic hydroxyl groups is 1. The topological polar surface area (TPSA) is 91.3 Å². The molecule has 1 heterocycles. The van der Waals surface area contributed by atoms with Gasteiger partial charge in [-0.1, -0.05) is 30.1 Å². The molecule has 0 fully saturated rings. The van der Waals surface area contributed by atoms with Gasteiger partial charge in [0.1, 0.15) is 16.7 Å². The number of hydrogen-bond acceptors (Lipinski definition) is 7. The lowest BCUT2D eigenvalue weighted by Gasteiger charge is -2.41. The Bertz CT molecular complexity index is 1010. The molecule has 0 bridgehead atoms. The van der Waals surface area contributed by atoms with E-state index in [1.54, 1.807) is 13.0 Å². The van der Waals surface area contributed by atoms with E-state index in [2.05, 4.69) is 0 Å². The van der Waals surface area contributed by atoms with E-state index in [1.807, 2.05) is 6.92 Å². The van der Waals surface area contributed by atoms with Gasteiger partial charge in [0.15, 0.2) is 17.1 Å². The highest BCUT2D eigenvalue weighted by molar-refractivity contribution is 6.39. The predicted molar refractivity (Wildman–Crippen MR) is 120 cm³/mol. The van der Waals surface area contributed by atoms with Crippen molar-refractivity contribution in [2.24, 2.45) is 5.92 Å². The van der Waals surface area contributed by atoms with E-state index in [0.29, 0.717) is 11.1 Å². The SMILES string of the molecule is CCCC1=CC2=CC(=O)C(C)(OC(=O)c3c(C)c(Cl)c(OC)c(Cl)c3OC)C(O)C2CO1. The largest absolute Gasteiger partial charge is 0.497 e. The van der Waals surface area contributed by atoms with Gasteiger partial charge in [-0.05, 0) is 43.6 Å². The molecular weight excluding hydrogens is 459 g/mol. The van der Waals surface area contributed by atoms with Crippen LogP contribution in [0.3, 0.4) is 0 Å². The number of halogens is 2. The highest BCUT2D eigenvalue weighted by Crippen LogP contribution is 2.46. The molecule has 0 amide bonds. The number of fused-ring (bicyclic) bond motifs is 1. The van der Waals surface area contributed by atoms with E-state index in [-0.39, 0.29) is 33.7 Å². The maximum atomic E-state index is 13.2. The van der Waals surface area contributed by atoms with Gasteiger partial charge in [0.05, 0.1) is 31.6 Å². The minimum Gasteiger partial charge on any atom is -0.497 e. The number of benzene rings is 1. The van der Waals surface area contributed by atoms with Gasteiger partial charge < -0.3 is 24.1 Å². The number of carbonyl (C=O) groups is 2. The molecule has 7 nitrogen and oxygen atoms in total. The van der Waals surface area contributed by atoms with Gasteiger partial charge in [0.2, 0.25) is 5.78 Å². The Morgan fingerprint density at radius 3 is 2.47 bits per heavy atom. The summed E-state index contributed by atoms with van der Waals surface area (Å²) in [6, 6.07) is 0. The lowest BCUT2D eigenvalue weighted by Crippen LogP contribution is -2.57. The molecule has 0 saturated heterocycles. The normalized spacial score (nSPS) is 24.7. The summed E-state index contributed by atoms with van der Waals surface area (Å²) in [6.45, 7) is 5.16. The summed E-state index contributed by atoms with van der Waals surface area (Å²) in [5.41, 5.74) is -0.916. The molecule has 3 unspecified atom stereocenters. The molecule has 0 aromatic heterocycles. The van der Waals surface area contributed by atoms with Gasteiger partial charge in [0.25, 0.3) is 0 Å². The van der Waals surface area contributed by atoms with Crippen LogP contribution in [0, 0.1) is 12.8 Å². The maximum absolute atomic E-state index is 13.2. The lowest BCUT2D eigenvalue weighted by molar-refractivity contribution is -0.152. The van der Waals surface area contributed by atoms with Crippen molar-refractivity contribution in [3.8, 4) is 11.5 Å². The van der Waals surface area contributed by atoms with Crippen molar-refractivity contribution in [2.45, 2.75) is 45.3 Å². The van der Waals surface area contributed by atoms with Gasteiger partial charge in [-0.3, -0.25) is 4.79 Å². The first-order valence-electron chi connectivity index (χ1n) is 10.2. The highest BCUT2D eigenvalue weighted by atomic mass is 35.5. The van der Waals surface area contributed by atoms with Gasteiger partial charge in [-0.2, -0.15) is 0 Å². The summed E-state index contributed by atoms with van der Waals surface area (Å²) in [5, 5.41) is 11.1. The van der Waals surface area contributed by atoms with Crippen LogP contribution in [0.25, 0.3) is 0 Å². The molecule has 1 aliphatic carbocycles.